The summed E-state index contributed by atoms with van der Waals surface area (Å²) in [6.45, 7) is 5.32. The van der Waals surface area contributed by atoms with Gasteiger partial charge in [-0.05, 0) is 63.3 Å². The molecule has 2 heterocycles. The van der Waals surface area contributed by atoms with E-state index in [1.807, 2.05) is 0 Å². The van der Waals surface area contributed by atoms with Gasteiger partial charge in [-0.15, -0.1) is 0 Å². The summed E-state index contributed by atoms with van der Waals surface area (Å²) in [6, 6.07) is 4.54. The molecule has 0 amide bonds. The van der Waals surface area contributed by atoms with Crippen molar-refractivity contribution in [3.05, 3.63) is 47.5 Å². The summed E-state index contributed by atoms with van der Waals surface area (Å²) in [5.74, 6) is 6.95. The molecular formula is C27H29F2N5O4S. The molecule has 2 N–H and O–H groups in total. The van der Waals surface area contributed by atoms with E-state index < -0.39 is 5.12 Å². The molecule has 1 fully saturated rings. The Morgan fingerprint density at radius 2 is 1.77 bits per heavy atom. The number of nitrogens with two attached hydrogens (primary N) is 1. The fraction of sp³-hybridized carbons (Fsp3) is 0.296. The van der Waals surface area contributed by atoms with Crippen LogP contribution >= 0.6 is 11.8 Å². The van der Waals surface area contributed by atoms with Crippen LogP contribution in [0.1, 0.15) is 34.6 Å². The van der Waals surface area contributed by atoms with Crippen LogP contribution in [0.3, 0.4) is 0 Å². The van der Waals surface area contributed by atoms with Crippen LogP contribution in [0.4, 0.5) is 14.7 Å². The average Bonchev–Trinajstić information content (AvgIpc) is 3.82. The number of ether oxygens (including phenoxy) is 2. The van der Waals surface area contributed by atoms with Gasteiger partial charge >= 0.3 is 0 Å². The number of methoxy groups -OCH3 is 2. The van der Waals surface area contributed by atoms with Crippen molar-refractivity contribution in [2.45, 2.75) is 24.8 Å². The van der Waals surface area contributed by atoms with E-state index in [-0.39, 0.29) is 27.9 Å². The minimum absolute atomic E-state index is 0.103. The maximum atomic E-state index is 13.5. The molecule has 2 aromatic heterocycles. The minimum atomic E-state index is -0.455. The highest BCUT2D eigenvalue weighted by Crippen LogP contribution is 2.42. The third-order valence-corrected chi connectivity index (χ3v) is 6.04. The number of thioether (sulfide) groups is 1. The van der Waals surface area contributed by atoms with Crippen molar-refractivity contribution < 1.29 is 28.1 Å². The Balaban J connectivity index is 0.00000127. The van der Waals surface area contributed by atoms with Gasteiger partial charge in [0.15, 0.2) is 16.6 Å². The fourth-order valence-electron chi connectivity index (χ4n) is 3.24. The van der Waals surface area contributed by atoms with Crippen molar-refractivity contribution in [3.63, 3.8) is 0 Å². The van der Waals surface area contributed by atoms with E-state index in [2.05, 4.69) is 49.2 Å². The smallest absolute Gasteiger partial charge is 0.226 e. The van der Waals surface area contributed by atoms with Crippen molar-refractivity contribution in [3.8, 4) is 40.2 Å². The average molecular weight is 558 g/mol. The molecular weight excluding hydrogens is 528 g/mol. The molecule has 0 bridgehead atoms. The number of nitrogens with zero attached hydrogens (tertiary/aromatic N) is 4. The Bertz CT molecular complexity index is 1370. The van der Waals surface area contributed by atoms with Gasteiger partial charge in [0.2, 0.25) is 10.9 Å². The quantitative estimate of drug-likeness (QED) is 0.234. The Labute approximate surface area is 230 Å². The van der Waals surface area contributed by atoms with Gasteiger partial charge in [-0.25, -0.2) is 15.0 Å². The highest BCUT2D eigenvalue weighted by atomic mass is 32.2. The second-order valence-electron chi connectivity index (χ2n) is 7.63. The van der Waals surface area contributed by atoms with Crippen LogP contribution in [-0.4, -0.2) is 55.2 Å². The lowest BCUT2D eigenvalue weighted by molar-refractivity contribution is -0.00899. The second-order valence-corrected chi connectivity index (χ2v) is 8.59. The highest BCUT2D eigenvalue weighted by molar-refractivity contribution is 8.14. The Kier molecular flexibility index (Phi) is 12.3. The molecule has 1 aliphatic carbocycles. The van der Waals surface area contributed by atoms with E-state index in [0.717, 1.165) is 24.6 Å². The number of benzene rings is 1. The van der Waals surface area contributed by atoms with Gasteiger partial charge in [0.1, 0.15) is 11.4 Å². The molecule has 39 heavy (non-hydrogen) atoms. The van der Waals surface area contributed by atoms with Crippen molar-refractivity contribution in [2.75, 3.05) is 28.4 Å². The lowest BCUT2D eigenvalue weighted by atomic mass is 9.98. The SMILES string of the molecule is C=Nc1ncc(C#CC2CC2)nc1SC(=O)c1cc(OF)c(OC)cc1-c1cc(C)ncc1OC.CF.CN. The molecule has 206 valence electrons. The molecule has 0 unspecified atom stereocenters. The van der Waals surface area contributed by atoms with Crippen molar-refractivity contribution in [1.82, 2.24) is 15.0 Å². The van der Waals surface area contributed by atoms with Crippen LogP contribution in [0.25, 0.3) is 11.1 Å². The number of aliphatic imine (C=N–C) groups is 1. The Morgan fingerprint density at radius 1 is 1.08 bits per heavy atom. The third kappa shape index (κ3) is 7.95. The van der Waals surface area contributed by atoms with Crippen LogP contribution in [0.2, 0.25) is 0 Å². The van der Waals surface area contributed by atoms with Gasteiger partial charge < -0.3 is 15.2 Å². The predicted octanol–water partition coefficient (Wildman–Crippen LogP) is 5.31. The predicted molar refractivity (Wildman–Crippen MR) is 147 cm³/mol. The first-order chi connectivity index (χ1) is 19.0. The molecule has 0 aliphatic heterocycles. The molecule has 1 saturated carbocycles. The summed E-state index contributed by atoms with van der Waals surface area (Å²) in [6.07, 6.45) is 5.19. The first-order valence-electron chi connectivity index (χ1n) is 11.5. The second kappa shape index (κ2) is 15.4. The number of aryl methyl sites for hydroxylation is 1. The highest BCUT2D eigenvalue weighted by Gasteiger charge is 2.24. The van der Waals surface area contributed by atoms with Crippen molar-refractivity contribution in [1.29, 1.82) is 0 Å². The molecule has 0 spiro atoms. The first kappa shape index (κ1) is 31.1. The zero-order chi connectivity index (χ0) is 28.9. The van der Waals surface area contributed by atoms with E-state index in [1.165, 1.54) is 39.6 Å². The normalized spacial score (nSPS) is 11.4. The summed E-state index contributed by atoms with van der Waals surface area (Å²) in [5, 5.41) is -0.223. The Hall–Kier alpha value is -4.08. The summed E-state index contributed by atoms with van der Waals surface area (Å²) in [4.78, 5) is 34.3. The van der Waals surface area contributed by atoms with Gasteiger partial charge in [-0.2, -0.15) is 0 Å². The molecule has 0 saturated heterocycles. The molecule has 12 heteroatoms. The zero-order valence-electron chi connectivity index (χ0n) is 22.2. The van der Waals surface area contributed by atoms with Crippen LogP contribution in [0, 0.1) is 24.7 Å². The van der Waals surface area contributed by atoms with Gasteiger partial charge in [-0.1, -0.05) is 5.92 Å². The van der Waals surface area contributed by atoms with E-state index in [4.69, 9.17) is 9.47 Å². The Morgan fingerprint density at radius 3 is 2.36 bits per heavy atom. The number of alkyl halides is 1. The van der Waals surface area contributed by atoms with Gasteiger partial charge in [0.25, 0.3) is 0 Å². The summed E-state index contributed by atoms with van der Waals surface area (Å²) in [5.41, 5.74) is 6.77. The standard InChI is InChI=1S/C25H21FN4O4S.CH3F.CH5N/c1-14-9-18(22(33-4)13-28-14)17-10-20(32-3)21(34-26)11-19(17)25(31)35-24-23(27-2)29-12-16(30-24)8-7-15-5-6-15;2*1-2/h9-13,15H,2,5-6H2,1,3-4H3;1H3;2H2,1H3. The van der Waals surface area contributed by atoms with Gasteiger partial charge in [0.05, 0.1) is 33.8 Å². The van der Waals surface area contributed by atoms with Crippen molar-refractivity contribution in [2.24, 2.45) is 16.6 Å². The monoisotopic (exact) mass is 557 g/mol. The number of hydrogen-bond acceptors (Lipinski definition) is 10. The first-order valence-corrected chi connectivity index (χ1v) is 12.3. The zero-order valence-corrected chi connectivity index (χ0v) is 23.1. The number of halogens is 2. The summed E-state index contributed by atoms with van der Waals surface area (Å²) < 4.78 is 33.5. The largest absolute Gasteiger partial charge is 0.494 e. The van der Waals surface area contributed by atoms with Crippen LogP contribution in [-0.2, 0) is 0 Å². The van der Waals surface area contributed by atoms with Crippen LogP contribution in [0.15, 0.2) is 40.6 Å². The fourth-order valence-corrected chi connectivity index (χ4v) is 4.05. The number of carbonyl (C=O) groups excluding carboxylic acids is 1. The molecule has 4 rings (SSSR count). The maximum absolute atomic E-state index is 13.5. The number of carbonyl (C=O) groups is 1. The lowest BCUT2D eigenvalue weighted by Crippen LogP contribution is -2.03. The molecule has 0 radical (unpaired) electrons. The molecule has 9 nitrogen and oxygen atoms in total. The third-order valence-electron chi connectivity index (χ3n) is 5.16. The summed E-state index contributed by atoms with van der Waals surface area (Å²) in [7, 11) is 4.87. The van der Waals surface area contributed by atoms with E-state index in [1.54, 1.807) is 19.2 Å². The molecule has 0 atom stereocenters. The van der Waals surface area contributed by atoms with Crippen molar-refractivity contribution >= 4 is 29.4 Å². The molecule has 1 aromatic carbocycles. The van der Waals surface area contributed by atoms with E-state index in [9.17, 15) is 13.7 Å². The summed E-state index contributed by atoms with van der Waals surface area (Å²) >= 11 is 0.782. The topological polar surface area (TPSA) is 122 Å². The molecule has 1 aliphatic rings. The van der Waals surface area contributed by atoms with E-state index in [0.29, 0.717) is 41.4 Å². The van der Waals surface area contributed by atoms with Crippen LogP contribution in [0.5, 0.6) is 17.2 Å². The van der Waals surface area contributed by atoms with E-state index >= 15 is 0 Å². The number of hydrogen-bond donors (Lipinski definition) is 1. The van der Waals surface area contributed by atoms with Crippen LogP contribution < -0.4 is 20.1 Å². The minimum Gasteiger partial charge on any atom is -0.494 e. The van der Waals surface area contributed by atoms with Gasteiger partial charge in [-0.3, -0.25) is 19.1 Å². The van der Waals surface area contributed by atoms with Gasteiger partial charge in [0, 0.05) is 38.9 Å². The number of rotatable bonds is 7. The number of pyridine rings is 1. The lowest BCUT2D eigenvalue weighted by Gasteiger charge is -2.15. The molecule has 3 aromatic rings. The maximum Gasteiger partial charge on any atom is 0.226 e. The number of aromatic nitrogens is 3.